The summed E-state index contributed by atoms with van der Waals surface area (Å²) in [6, 6.07) is 6.54. The summed E-state index contributed by atoms with van der Waals surface area (Å²) < 4.78 is 4.54. The zero-order chi connectivity index (χ0) is 16.3. The van der Waals surface area contributed by atoms with E-state index in [0.717, 1.165) is 10.9 Å². The second-order valence-corrected chi connectivity index (χ2v) is 4.74. The first-order valence-corrected chi connectivity index (χ1v) is 6.46. The van der Waals surface area contributed by atoms with Crippen molar-refractivity contribution in [2.75, 3.05) is 6.61 Å². The molecule has 2 heterocycles. The van der Waals surface area contributed by atoms with E-state index in [2.05, 4.69) is 9.72 Å². The van der Waals surface area contributed by atoms with Crippen molar-refractivity contribution >= 4 is 16.6 Å². The normalized spacial score (nSPS) is 27.5. The largest absolute Gasteiger partial charge is 0.394 e. The van der Waals surface area contributed by atoms with E-state index in [1.54, 1.807) is 18.3 Å². The Labute approximate surface area is 124 Å². The van der Waals surface area contributed by atoms with Gasteiger partial charge in [0.2, 0.25) is 0 Å². The van der Waals surface area contributed by atoms with Gasteiger partial charge in [0.15, 0.2) is 6.29 Å². The molecule has 120 valence electrons. The van der Waals surface area contributed by atoms with E-state index in [9.17, 15) is 10.1 Å². The molecule has 0 bridgehead atoms. The van der Waals surface area contributed by atoms with Crippen LogP contribution in [0.4, 0.5) is 5.69 Å². The van der Waals surface area contributed by atoms with Crippen LogP contribution in [0.2, 0.25) is 0 Å². The molecule has 22 heavy (non-hydrogen) atoms. The Hall–Kier alpha value is -2.04. The third-order valence-electron chi connectivity index (χ3n) is 3.26. The summed E-state index contributed by atoms with van der Waals surface area (Å²) in [5.41, 5.74) is 1.04. The van der Waals surface area contributed by atoms with Gasteiger partial charge in [0.1, 0.15) is 18.3 Å². The zero-order valence-electron chi connectivity index (χ0n) is 11.4. The summed E-state index contributed by atoms with van der Waals surface area (Å²) in [5, 5.41) is 46.2. The SMILES string of the molecule is O=[N+]([O-])c1ccc2[nH]ccc2c1.OC[C@H]1OC(O)[C@H](O)[C@@H]1O. The van der Waals surface area contributed by atoms with Crippen LogP contribution in [0.1, 0.15) is 0 Å². The number of nitro benzene ring substituents is 1. The number of non-ortho nitro benzene ring substituents is 1. The number of aliphatic hydroxyl groups is 4. The minimum atomic E-state index is -1.38. The van der Waals surface area contributed by atoms with E-state index in [1.807, 2.05) is 6.07 Å². The second kappa shape index (κ2) is 6.81. The van der Waals surface area contributed by atoms with Gasteiger partial charge in [0, 0.05) is 29.2 Å². The predicted octanol–water partition coefficient (Wildman–Crippen LogP) is -0.506. The van der Waals surface area contributed by atoms with Crippen LogP contribution in [0.25, 0.3) is 10.9 Å². The number of nitrogens with zero attached hydrogens (tertiary/aromatic N) is 1. The van der Waals surface area contributed by atoms with Gasteiger partial charge in [-0.25, -0.2) is 0 Å². The van der Waals surface area contributed by atoms with E-state index < -0.39 is 36.1 Å². The number of fused-ring (bicyclic) bond motifs is 1. The smallest absolute Gasteiger partial charge is 0.270 e. The average Bonchev–Trinajstić information content (AvgIpc) is 3.07. The average molecular weight is 312 g/mol. The number of nitro groups is 1. The number of aromatic amines is 1. The number of hydrogen-bond acceptors (Lipinski definition) is 7. The van der Waals surface area contributed by atoms with Gasteiger partial charge in [-0.1, -0.05) is 0 Å². The number of benzene rings is 1. The summed E-state index contributed by atoms with van der Waals surface area (Å²) in [6.45, 7) is -0.407. The Balaban J connectivity index is 0.000000164. The van der Waals surface area contributed by atoms with E-state index in [-0.39, 0.29) is 5.69 Å². The maximum absolute atomic E-state index is 10.4. The van der Waals surface area contributed by atoms with Crippen molar-refractivity contribution in [1.82, 2.24) is 4.98 Å². The van der Waals surface area contributed by atoms with Crippen molar-refractivity contribution in [3.05, 3.63) is 40.6 Å². The first-order chi connectivity index (χ1) is 10.4. The van der Waals surface area contributed by atoms with Gasteiger partial charge in [-0.2, -0.15) is 0 Å². The van der Waals surface area contributed by atoms with Gasteiger partial charge in [-0.15, -0.1) is 0 Å². The van der Waals surface area contributed by atoms with Crippen molar-refractivity contribution in [2.24, 2.45) is 0 Å². The molecule has 1 unspecified atom stereocenters. The van der Waals surface area contributed by atoms with Crippen molar-refractivity contribution < 1.29 is 30.1 Å². The van der Waals surface area contributed by atoms with Gasteiger partial charge >= 0.3 is 0 Å². The molecule has 0 aliphatic carbocycles. The highest BCUT2D eigenvalue weighted by Crippen LogP contribution is 2.19. The molecule has 1 aliphatic heterocycles. The molecular weight excluding hydrogens is 296 g/mol. The van der Waals surface area contributed by atoms with E-state index >= 15 is 0 Å². The molecule has 1 aromatic carbocycles. The van der Waals surface area contributed by atoms with Crippen LogP contribution < -0.4 is 0 Å². The van der Waals surface area contributed by atoms with Gasteiger partial charge in [-0.05, 0) is 12.1 Å². The first-order valence-electron chi connectivity index (χ1n) is 6.46. The fourth-order valence-electron chi connectivity index (χ4n) is 2.03. The summed E-state index contributed by atoms with van der Waals surface area (Å²) in [5.74, 6) is 0. The third kappa shape index (κ3) is 3.40. The minimum Gasteiger partial charge on any atom is -0.394 e. The lowest BCUT2D eigenvalue weighted by atomic mass is 10.1. The number of aliphatic hydroxyl groups excluding tert-OH is 4. The summed E-state index contributed by atoms with van der Waals surface area (Å²) >= 11 is 0. The summed E-state index contributed by atoms with van der Waals surface area (Å²) in [7, 11) is 0. The van der Waals surface area contributed by atoms with E-state index in [0.29, 0.717) is 0 Å². The van der Waals surface area contributed by atoms with E-state index in [4.69, 9.17) is 20.4 Å². The Morgan fingerprint density at radius 2 is 1.95 bits per heavy atom. The molecule has 5 N–H and O–H groups in total. The fraction of sp³-hybridized carbons (Fsp3) is 0.385. The number of aromatic nitrogens is 1. The Morgan fingerprint density at radius 1 is 1.23 bits per heavy atom. The van der Waals surface area contributed by atoms with Crippen molar-refractivity contribution in [3.8, 4) is 0 Å². The first kappa shape index (κ1) is 16.3. The number of ether oxygens (including phenoxy) is 1. The lowest BCUT2D eigenvalue weighted by Gasteiger charge is -2.09. The molecule has 1 saturated heterocycles. The Kier molecular flexibility index (Phi) is 5.06. The lowest BCUT2D eigenvalue weighted by Crippen LogP contribution is -2.33. The molecule has 4 atom stereocenters. The van der Waals surface area contributed by atoms with Crippen LogP contribution in [0.15, 0.2) is 30.5 Å². The molecular formula is C13H16N2O7. The molecule has 9 heteroatoms. The quantitative estimate of drug-likeness (QED) is 0.370. The van der Waals surface area contributed by atoms with Crippen LogP contribution in [-0.4, -0.2) is 61.5 Å². The van der Waals surface area contributed by atoms with Crippen LogP contribution in [-0.2, 0) is 4.74 Å². The molecule has 9 nitrogen and oxygen atoms in total. The minimum absolute atomic E-state index is 0.127. The monoisotopic (exact) mass is 312 g/mol. The van der Waals surface area contributed by atoms with Crippen LogP contribution in [0.3, 0.4) is 0 Å². The fourth-order valence-corrected chi connectivity index (χ4v) is 2.03. The lowest BCUT2D eigenvalue weighted by molar-refractivity contribution is -0.384. The van der Waals surface area contributed by atoms with Crippen LogP contribution in [0.5, 0.6) is 0 Å². The molecule has 0 radical (unpaired) electrons. The van der Waals surface area contributed by atoms with Crippen molar-refractivity contribution in [1.29, 1.82) is 0 Å². The zero-order valence-corrected chi connectivity index (χ0v) is 11.4. The number of rotatable bonds is 2. The van der Waals surface area contributed by atoms with Gasteiger partial charge in [-0.3, -0.25) is 10.1 Å². The summed E-state index contributed by atoms with van der Waals surface area (Å²) in [6.07, 6.45) is -3.00. The highest BCUT2D eigenvalue weighted by Gasteiger charge is 2.41. The Bertz CT molecular complexity index is 644. The molecule has 1 aromatic heterocycles. The van der Waals surface area contributed by atoms with E-state index in [1.165, 1.54) is 6.07 Å². The van der Waals surface area contributed by atoms with Crippen LogP contribution >= 0.6 is 0 Å². The highest BCUT2D eigenvalue weighted by atomic mass is 16.6. The standard InChI is InChI=1S/C8H6N2O2.C5H10O5/c11-10(12)7-1-2-8-6(5-7)3-4-9-8;6-1-2-3(7)4(8)5(9)10-2/h1-5,9H;2-9H,1H2/t;2-,3-,4-,5?/m.1/s1. The summed E-state index contributed by atoms with van der Waals surface area (Å²) in [4.78, 5) is 12.9. The van der Waals surface area contributed by atoms with Gasteiger partial charge in [0.05, 0.1) is 11.5 Å². The number of hydrogen-bond donors (Lipinski definition) is 5. The second-order valence-electron chi connectivity index (χ2n) is 4.74. The van der Waals surface area contributed by atoms with Gasteiger partial charge in [0.25, 0.3) is 5.69 Å². The predicted molar refractivity (Wildman–Crippen MR) is 74.9 cm³/mol. The maximum Gasteiger partial charge on any atom is 0.270 e. The number of H-pyrrole nitrogens is 1. The highest BCUT2D eigenvalue weighted by molar-refractivity contribution is 5.81. The number of nitrogens with one attached hydrogen (secondary N) is 1. The molecule has 1 aliphatic rings. The molecule has 2 aromatic rings. The molecule has 3 rings (SSSR count). The molecule has 1 fully saturated rings. The third-order valence-corrected chi connectivity index (χ3v) is 3.26. The Morgan fingerprint density at radius 3 is 2.45 bits per heavy atom. The van der Waals surface area contributed by atoms with Crippen molar-refractivity contribution in [3.63, 3.8) is 0 Å². The molecule has 0 spiro atoms. The van der Waals surface area contributed by atoms with Crippen LogP contribution in [0, 0.1) is 10.1 Å². The topological polar surface area (TPSA) is 149 Å². The molecule has 0 amide bonds. The van der Waals surface area contributed by atoms with Gasteiger partial charge < -0.3 is 30.1 Å². The molecule has 0 saturated carbocycles. The van der Waals surface area contributed by atoms with Crippen molar-refractivity contribution in [2.45, 2.75) is 24.6 Å². The maximum atomic E-state index is 10.4.